The topological polar surface area (TPSA) is 79.4 Å². The van der Waals surface area contributed by atoms with Gasteiger partial charge in [-0.2, -0.15) is 0 Å². The second-order valence-electron chi connectivity index (χ2n) is 6.87. The lowest BCUT2D eigenvalue weighted by atomic mass is 10.0. The first kappa shape index (κ1) is 19.3. The summed E-state index contributed by atoms with van der Waals surface area (Å²) < 4.78 is 5.34. The molecule has 1 saturated heterocycles. The Kier molecular flexibility index (Phi) is 6.73. The van der Waals surface area contributed by atoms with Gasteiger partial charge in [0.05, 0.1) is 18.8 Å². The summed E-state index contributed by atoms with van der Waals surface area (Å²) in [5.41, 5.74) is 2.37. The molecule has 0 spiro atoms. The van der Waals surface area contributed by atoms with E-state index >= 15 is 0 Å². The summed E-state index contributed by atoms with van der Waals surface area (Å²) in [7, 11) is 0. The van der Waals surface area contributed by atoms with Crippen LogP contribution in [0.5, 0.6) is 0 Å². The van der Waals surface area contributed by atoms with Gasteiger partial charge in [-0.1, -0.05) is 32.0 Å². The summed E-state index contributed by atoms with van der Waals surface area (Å²) in [6.45, 7) is 9.38. The van der Waals surface area contributed by atoms with Gasteiger partial charge in [0.15, 0.2) is 0 Å². The van der Waals surface area contributed by atoms with Gasteiger partial charge in [0, 0.05) is 44.3 Å². The van der Waals surface area contributed by atoms with Gasteiger partial charge >= 0.3 is 0 Å². The number of para-hydroxylation sites is 1. The zero-order valence-corrected chi connectivity index (χ0v) is 15.9. The van der Waals surface area contributed by atoms with Crippen LogP contribution in [0.4, 0.5) is 11.6 Å². The van der Waals surface area contributed by atoms with Crippen molar-refractivity contribution < 1.29 is 9.53 Å². The van der Waals surface area contributed by atoms with E-state index in [4.69, 9.17) is 4.74 Å². The minimum absolute atomic E-state index is 0.206. The van der Waals surface area contributed by atoms with E-state index in [1.54, 1.807) is 12.4 Å². The molecule has 144 valence electrons. The molecule has 1 aromatic heterocycles. The molecule has 1 fully saturated rings. The van der Waals surface area contributed by atoms with Crippen molar-refractivity contribution in [2.75, 3.05) is 50.0 Å². The van der Waals surface area contributed by atoms with Crippen molar-refractivity contribution >= 4 is 17.5 Å². The molecule has 1 aliphatic rings. The number of hydrogen-bond acceptors (Lipinski definition) is 6. The number of amides is 1. The molecule has 2 N–H and O–H groups in total. The van der Waals surface area contributed by atoms with Crippen molar-refractivity contribution in [1.82, 2.24) is 14.9 Å². The van der Waals surface area contributed by atoms with Crippen molar-refractivity contribution in [3.05, 3.63) is 47.8 Å². The summed E-state index contributed by atoms with van der Waals surface area (Å²) >= 11 is 0. The van der Waals surface area contributed by atoms with Crippen LogP contribution in [0.1, 0.15) is 35.7 Å². The predicted octanol–water partition coefficient (Wildman–Crippen LogP) is 2.60. The molecule has 3 rings (SSSR count). The fourth-order valence-corrected chi connectivity index (χ4v) is 3.00. The van der Waals surface area contributed by atoms with E-state index < -0.39 is 0 Å². The Morgan fingerprint density at radius 2 is 1.89 bits per heavy atom. The smallest absolute Gasteiger partial charge is 0.258 e. The molecule has 2 heterocycles. The van der Waals surface area contributed by atoms with Crippen LogP contribution in [0.3, 0.4) is 0 Å². The highest BCUT2D eigenvalue weighted by molar-refractivity contribution is 6.04. The molecular formula is C20H27N5O2. The van der Waals surface area contributed by atoms with Gasteiger partial charge in [0.25, 0.3) is 5.91 Å². The van der Waals surface area contributed by atoms with Gasteiger partial charge in [-0.05, 0) is 17.5 Å². The molecule has 1 aliphatic heterocycles. The summed E-state index contributed by atoms with van der Waals surface area (Å²) in [5.74, 6) is 0.654. The Balaban J connectivity index is 1.53. The summed E-state index contributed by atoms with van der Waals surface area (Å²) in [5, 5.41) is 6.15. The minimum atomic E-state index is -0.206. The van der Waals surface area contributed by atoms with E-state index in [2.05, 4.69) is 39.3 Å². The van der Waals surface area contributed by atoms with Gasteiger partial charge in [-0.25, -0.2) is 9.97 Å². The second-order valence-corrected chi connectivity index (χ2v) is 6.87. The van der Waals surface area contributed by atoms with Crippen LogP contribution in [-0.2, 0) is 4.74 Å². The van der Waals surface area contributed by atoms with Crippen LogP contribution >= 0.6 is 0 Å². The molecule has 0 radical (unpaired) electrons. The lowest BCUT2D eigenvalue weighted by Crippen LogP contribution is -2.39. The predicted molar refractivity (Wildman–Crippen MR) is 106 cm³/mol. The third-order valence-corrected chi connectivity index (χ3v) is 4.56. The van der Waals surface area contributed by atoms with E-state index in [-0.39, 0.29) is 5.91 Å². The molecule has 1 aromatic carbocycles. The number of carbonyl (C=O) groups is 1. The lowest BCUT2D eigenvalue weighted by Gasteiger charge is -2.26. The summed E-state index contributed by atoms with van der Waals surface area (Å²) in [6, 6.07) is 7.83. The standard InChI is InChI=1S/C20H27N5O2/c1-15(2)17-5-3-4-6-18(17)24-19(26)16-13-22-20(23-14-16)21-7-8-25-9-11-27-12-10-25/h3-6,13-15H,7-12H2,1-2H3,(H,24,26)(H,21,22,23). The minimum Gasteiger partial charge on any atom is -0.379 e. The van der Waals surface area contributed by atoms with Crippen molar-refractivity contribution in [2.24, 2.45) is 0 Å². The summed E-state index contributed by atoms with van der Waals surface area (Å²) in [4.78, 5) is 23.3. The monoisotopic (exact) mass is 369 g/mol. The first-order valence-electron chi connectivity index (χ1n) is 9.40. The number of rotatable bonds is 7. The number of ether oxygens (including phenoxy) is 1. The number of benzene rings is 1. The fraction of sp³-hybridized carbons (Fsp3) is 0.450. The zero-order valence-electron chi connectivity index (χ0n) is 15.9. The molecule has 2 aromatic rings. The van der Waals surface area contributed by atoms with E-state index in [9.17, 15) is 4.79 Å². The van der Waals surface area contributed by atoms with Gasteiger partial charge in [0.1, 0.15) is 0 Å². The molecule has 7 heteroatoms. The molecule has 0 unspecified atom stereocenters. The number of nitrogens with one attached hydrogen (secondary N) is 2. The van der Waals surface area contributed by atoms with Gasteiger partial charge in [-0.3, -0.25) is 9.69 Å². The quantitative estimate of drug-likeness (QED) is 0.781. The highest BCUT2D eigenvalue weighted by atomic mass is 16.5. The first-order valence-corrected chi connectivity index (χ1v) is 9.40. The van der Waals surface area contributed by atoms with Gasteiger partial charge in [-0.15, -0.1) is 0 Å². The Morgan fingerprint density at radius 3 is 2.59 bits per heavy atom. The average molecular weight is 369 g/mol. The summed E-state index contributed by atoms with van der Waals surface area (Å²) in [6.07, 6.45) is 3.11. The third-order valence-electron chi connectivity index (χ3n) is 4.56. The molecule has 0 bridgehead atoms. The van der Waals surface area contributed by atoms with Crippen LogP contribution in [0.2, 0.25) is 0 Å². The highest BCUT2D eigenvalue weighted by Gasteiger charge is 2.12. The van der Waals surface area contributed by atoms with Crippen molar-refractivity contribution in [2.45, 2.75) is 19.8 Å². The normalized spacial score (nSPS) is 14.9. The molecule has 1 amide bonds. The third kappa shape index (κ3) is 5.48. The Hall–Kier alpha value is -2.51. The lowest BCUT2D eigenvalue weighted by molar-refractivity contribution is 0.0398. The van der Waals surface area contributed by atoms with Crippen molar-refractivity contribution in [3.63, 3.8) is 0 Å². The SMILES string of the molecule is CC(C)c1ccccc1NC(=O)c1cnc(NCCN2CCOCC2)nc1. The molecule has 0 aliphatic carbocycles. The van der Waals surface area contributed by atoms with E-state index in [1.807, 2.05) is 24.3 Å². The maximum atomic E-state index is 12.5. The Labute approximate surface area is 160 Å². The second kappa shape index (κ2) is 9.43. The van der Waals surface area contributed by atoms with Crippen LogP contribution in [-0.4, -0.2) is 60.2 Å². The van der Waals surface area contributed by atoms with E-state index in [0.29, 0.717) is 17.4 Å². The van der Waals surface area contributed by atoms with Crippen molar-refractivity contribution in [1.29, 1.82) is 0 Å². The van der Waals surface area contributed by atoms with Crippen LogP contribution in [0.25, 0.3) is 0 Å². The molecule has 0 atom stereocenters. The Bertz CT molecular complexity index is 742. The largest absolute Gasteiger partial charge is 0.379 e. The number of nitrogens with zero attached hydrogens (tertiary/aromatic N) is 3. The zero-order chi connectivity index (χ0) is 19.1. The molecule has 27 heavy (non-hydrogen) atoms. The average Bonchev–Trinajstić information content (AvgIpc) is 2.69. The number of aromatic nitrogens is 2. The molecular weight excluding hydrogens is 342 g/mol. The number of carbonyl (C=O) groups excluding carboxylic acids is 1. The van der Waals surface area contributed by atoms with Crippen LogP contribution < -0.4 is 10.6 Å². The maximum absolute atomic E-state index is 12.5. The fourth-order valence-electron chi connectivity index (χ4n) is 3.00. The van der Waals surface area contributed by atoms with Gasteiger partial charge < -0.3 is 15.4 Å². The Morgan fingerprint density at radius 1 is 1.19 bits per heavy atom. The van der Waals surface area contributed by atoms with Crippen molar-refractivity contribution in [3.8, 4) is 0 Å². The van der Waals surface area contributed by atoms with E-state index in [0.717, 1.165) is 50.6 Å². The first-order chi connectivity index (χ1) is 13.1. The van der Waals surface area contributed by atoms with Gasteiger partial charge in [0.2, 0.25) is 5.95 Å². The maximum Gasteiger partial charge on any atom is 0.258 e. The molecule has 7 nitrogen and oxygen atoms in total. The van der Waals surface area contributed by atoms with E-state index in [1.165, 1.54) is 0 Å². The number of anilines is 2. The van der Waals surface area contributed by atoms with Crippen LogP contribution in [0, 0.1) is 0 Å². The number of morpholine rings is 1. The van der Waals surface area contributed by atoms with Crippen LogP contribution in [0.15, 0.2) is 36.7 Å². The molecule has 0 saturated carbocycles. The number of hydrogen-bond donors (Lipinski definition) is 2. The highest BCUT2D eigenvalue weighted by Crippen LogP contribution is 2.24.